The number of nitrogens with one attached hydrogen (secondary N) is 1. The topological polar surface area (TPSA) is 66.0 Å². The van der Waals surface area contributed by atoms with Crippen molar-refractivity contribution in [3.63, 3.8) is 0 Å². The first kappa shape index (κ1) is 19.9. The van der Waals surface area contributed by atoms with Crippen molar-refractivity contribution in [3.05, 3.63) is 47.5 Å². The lowest BCUT2D eigenvalue weighted by atomic mass is 9.96. The molecule has 2 aromatic carbocycles. The van der Waals surface area contributed by atoms with E-state index in [1.807, 2.05) is 36.4 Å². The molecule has 2 aromatic rings. The lowest BCUT2D eigenvalue weighted by molar-refractivity contribution is -0.121. The second kappa shape index (κ2) is 9.35. The first-order valence-electron chi connectivity index (χ1n) is 9.41. The van der Waals surface area contributed by atoms with Crippen LogP contribution in [0.4, 0.5) is 0 Å². The molecule has 6 heteroatoms. The van der Waals surface area contributed by atoms with Crippen LogP contribution in [0.5, 0.6) is 23.0 Å². The van der Waals surface area contributed by atoms with Crippen molar-refractivity contribution in [2.75, 3.05) is 34.5 Å². The van der Waals surface area contributed by atoms with Gasteiger partial charge in [-0.1, -0.05) is 18.2 Å². The zero-order chi connectivity index (χ0) is 19.9. The number of methoxy groups -OCH3 is 3. The minimum absolute atomic E-state index is 0.0335. The molecule has 0 bridgehead atoms. The summed E-state index contributed by atoms with van der Waals surface area (Å²) < 4.78 is 21.7. The fourth-order valence-corrected chi connectivity index (χ4v) is 3.39. The van der Waals surface area contributed by atoms with Crippen LogP contribution in [-0.2, 0) is 17.6 Å². The van der Waals surface area contributed by atoms with Crippen LogP contribution in [-0.4, -0.2) is 40.4 Å². The molecule has 0 aliphatic carbocycles. The first-order valence-corrected chi connectivity index (χ1v) is 9.41. The van der Waals surface area contributed by atoms with Crippen molar-refractivity contribution in [1.82, 2.24) is 5.32 Å². The van der Waals surface area contributed by atoms with E-state index in [9.17, 15) is 4.79 Å². The summed E-state index contributed by atoms with van der Waals surface area (Å²) in [6, 6.07) is 11.6. The Hall–Kier alpha value is -2.89. The summed E-state index contributed by atoms with van der Waals surface area (Å²) in [5, 5.41) is 3.03. The number of carbonyl (C=O) groups excluding carboxylic acids is 1. The van der Waals surface area contributed by atoms with Crippen LogP contribution in [0.25, 0.3) is 0 Å². The fourth-order valence-electron chi connectivity index (χ4n) is 3.39. The Morgan fingerprint density at radius 3 is 2.61 bits per heavy atom. The van der Waals surface area contributed by atoms with E-state index in [2.05, 4.69) is 5.32 Å². The number of benzene rings is 2. The van der Waals surface area contributed by atoms with Crippen molar-refractivity contribution in [2.45, 2.75) is 19.3 Å². The molecule has 0 fully saturated rings. The van der Waals surface area contributed by atoms with Crippen LogP contribution in [0.15, 0.2) is 36.4 Å². The number of hydrogen-bond acceptors (Lipinski definition) is 5. The average Bonchev–Trinajstić information content (AvgIpc) is 2.75. The van der Waals surface area contributed by atoms with Gasteiger partial charge in [0.15, 0.2) is 23.0 Å². The lowest BCUT2D eigenvalue weighted by Gasteiger charge is -2.26. The summed E-state index contributed by atoms with van der Waals surface area (Å²) in [5.74, 6) is 3.23. The third-order valence-electron chi connectivity index (χ3n) is 4.93. The molecule has 0 saturated carbocycles. The van der Waals surface area contributed by atoms with Crippen LogP contribution >= 0.6 is 0 Å². The van der Waals surface area contributed by atoms with Crippen molar-refractivity contribution in [3.8, 4) is 23.0 Å². The average molecular weight is 385 g/mol. The van der Waals surface area contributed by atoms with Crippen molar-refractivity contribution < 1.29 is 23.7 Å². The highest BCUT2D eigenvalue weighted by atomic mass is 16.5. The summed E-state index contributed by atoms with van der Waals surface area (Å²) >= 11 is 0. The van der Waals surface area contributed by atoms with Crippen LogP contribution < -0.4 is 24.3 Å². The second-order valence-electron chi connectivity index (χ2n) is 6.82. The van der Waals surface area contributed by atoms with Crippen molar-refractivity contribution >= 4 is 5.91 Å². The minimum Gasteiger partial charge on any atom is -0.493 e. The Morgan fingerprint density at radius 2 is 1.86 bits per heavy atom. The van der Waals surface area contributed by atoms with E-state index in [4.69, 9.17) is 18.9 Å². The summed E-state index contributed by atoms with van der Waals surface area (Å²) in [5.41, 5.74) is 2.16. The number of ether oxygens (including phenoxy) is 4. The zero-order valence-corrected chi connectivity index (χ0v) is 16.6. The monoisotopic (exact) mass is 385 g/mol. The Morgan fingerprint density at radius 1 is 1.07 bits per heavy atom. The summed E-state index contributed by atoms with van der Waals surface area (Å²) in [6.45, 7) is 1.17. The zero-order valence-electron chi connectivity index (χ0n) is 16.6. The van der Waals surface area contributed by atoms with Gasteiger partial charge in [-0.15, -0.1) is 0 Å². The predicted molar refractivity (Wildman–Crippen MR) is 107 cm³/mol. The van der Waals surface area contributed by atoms with Crippen LogP contribution in [0.1, 0.15) is 17.5 Å². The number of hydrogen-bond donors (Lipinski definition) is 1. The van der Waals surface area contributed by atoms with Crippen LogP contribution in [0.3, 0.4) is 0 Å². The molecule has 0 unspecified atom stereocenters. The highest BCUT2D eigenvalue weighted by Gasteiger charge is 2.23. The molecule has 1 amide bonds. The SMILES string of the molecule is COc1ccc(CCC(=O)NC[C@@H]2COc3c(cccc3OC)C2)cc1OC. The highest BCUT2D eigenvalue weighted by Crippen LogP contribution is 2.35. The molecule has 150 valence electrons. The van der Waals surface area contributed by atoms with Crippen LogP contribution in [0, 0.1) is 5.92 Å². The van der Waals surface area contributed by atoms with E-state index in [0.717, 1.165) is 29.0 Å². The van der Waals surface area contributed by atoms with Gasteiger partial charge < -0.3 is 24.3 Å². The van der Waals surface area contributed by atoms with Gasteiger partial charge in [-0.05, 0) is 42.2 Å². The molecule has 6 nitrogen and oxygen atoms in total. The maximum absolute atomic E-state index is 12.3. The lowest BCUT2D eigenvalue weighted by Crippen LogP contribution is -2.35. The van der Waals surface area contributed by atoms with E-state index in [-0.39, 0.29) is 11.8 Å². The summed E-state index contributed by atoms with van der Waals surface area (Å²) in [6.07, 6.45) is 1.93. The van der Waals surface area contributed by atoms with Crippen LogP contribution in [0.2, 0.25) is 0 Å². The first-order chi connectivity index (χ1) is 13.6. The quantitative estimate of drug-likeness (QED) is 0.757. The summed E-state index contributed by atoms with van der Waals surface area (Å²) in [7, 11) is 4.85. The minimum atomic E-state index is 0.0335. The Bertz CT molecular complexity index is 821. The van der Waals surface area contributed by atoms with Gasteiger partial charge in [0.25, 0.3) is 0 Å². The van der Waals surface area contributed by atoms with Gasteiger partial charge in [0.05, 0.1) is 27.9 Å². The smallest absolute Gasteiger partial charge is 0.220 e. The van der Waals surface area contributed by atoms with Gasteiger partial charge in [0.1, 0.15) is 0 Å². The molecule has 0 aromatic heterocycles. The molecule has 1 atom stereocenters. The van der Waals surface area contributed by atoms with E-state index in [1.165, 1.54) is 0 Å². The normalized spacial score (nSPS) is 15.2. The maximum atomic E-state index is 12.3. The maximum Gasteiger partial charge on any atom is 0.220 e. The van der Waals surface area contributed by atoms with E-state index >= 15 is 0 Å². The molecule has 0 spiro atoms. The molecule has 0 saturated heterocycles. The molecule has 1 aliphatic heterocycles. The number of para-hydroxylation sites is 1. The number of aryl methyl sites for hydroxylation is 1. The molecular weight excluding hydrogens is 358 g/mol. The fraction of sp³-hybridized carbons (Fsp3) is 0.409. The molecular formula is C22H27NO5. The number of amides is 1. The van der Waals surface area contributed by atoms with Crippen molar-refractivity contribution in [2.24, 2.45) is 5.92 Å². The largest absolute Gasteiger partial charge is 0.493 e. The Labute approximate surface area is 165 Å². The predicted octanol–water partition coefficient (Wildman–Crippen LogP) is 3.01. The summed E-state index contributed by atoms with van der Waals surface area (Å²) in [4.78, 5) is 12.3. The van der Waals surface area contributed by atoms with Gasteiger partial charge in [-0.25, -0.2) is 0 Å². The highest BCUT2D eigenvalue weighted by molar-refractivity contribution is 5.76. The standard InChI is InChI=1S/C22H27NO5/c1-25-18-9-7-15(12-20(18)27-3)8-10-21(24)23-13-16-11-17-5-4-6-19(26-2)22(17)28-14-16/h4-7,9,12,16H,8,10-11,13-14H2,1-3H3,(H,23,24)/t16-/m1/s1. The van der Waals surface area contributed by atoms with Crippen molar-refractivity contribution in [1.29, 1.82) is 0 Å². The van der Waals surface area contributed by atoms with Gasteiger partial charge in [0, 0.05) is 18.9 Å². The Kier molecular flexibility index (Phi) is 6.63. The Balaban J connectivity index is 1.47. The van der Waals surface area contributed by atoms with E-state index < -0.39 is 0 Å². The molecule has 1 heterocycles. The third-order valence-corrected chi connectivity index (χ3v) is 4.93. The van der Waals surface area contributed by atoms with E-state index in [0.29, 0.717) is 37.5 Å². The third kappa shape index (κ3) is 4.68. The van der Waals surface area contributed by atoms with Gasteiger partial charge in [0.2, 0.25) is 5.91 Å². The molecule has 1 N–H and O–H groups in total. The number of carbonyl (C=O) groups is 1. The number of fused-ring (bicyclic) bond motifs is 1. The molecule has 3 rings (SSSR count). The van der Waals surface area contributed by atoms with Gasteiger partial charge in [-0.3, -0.25) is 4.79 Å². The second-order valence-corrected chi connectivity index (χ2v) is 6.82. The van der Waals surface area contributed by atoms with E-state index in [1.54, 1.807) is 21.3 Å². The molecule has 28 heavy (non-hydrogen) atoms. The molecule has 0 radical (unpaired) electrons. The van der Waals surface area contributed by atoms with Gasteiger partial charge in [-0.2, -0.15) is 0 Å². The number of rotatable bonds is 8. The molecule has 1 aliphatic rings. The van der Waals surface area contributed by atoms with Gasteiger partial charge >= 0.3 is 0 Å².